The lowest BCUT2D eigenvalue weighted by atomic mass is 9.56. The smallest absolute Gasteiger partial charge is 0.205 e. The van der Waals surface area contributed by atoms with Gasteiger partial charge in [0.25, 0.3) is 0 Å². The third-order valence-electron chi connectivity index (χ3n) is 12.2. The van der Waals surface area contributed by atoms with Gasteiger partial charge in [-0.15, -0.1) is 10.2 Å². The number of benzene rings is 2. The largest absolute Gasteiger partial charge is 0.320 e. The highest BCUT2D eigenvalue weighted by atomic mass is 35.5. The summed E-state index contributed by atoms with van der Waals surface area (Å²) in [4.78, 5) is 18.6. The van der Waals surface area contributed by atoms with Crippen molar-refractivity contribution < 1.29 is 4.79 Å². The van der Waals surface area contributed by atoms with Crippen LogP contribution < -0.4 is 0 Å². The predicted octanol–water partition coefficient (Wildman–Crippen LogP) is 10.5. The Kier molecular flexibility index (Phi) is 10.9. The van der Waals surface area contributed by atoms with Crippen LogP contribution in [0.1, 0.15) is 138 Å². The van der Waals surface area contributed by atoms with E-state index in [1.807, 2.05) is 4.57 Å². The highest BCUT2D eigenvalue weighted by Gasteiger charge is 2.54. The van der Waals surface area contributed by atoms with Gasteiger partial charge in [-0.3, -0.25) is 4.79 Å². The minimum Gasteiger partial charge on any atom is -0.320 e. The average Bonchev–Trinajstić information content (AvgIpc) is 3.77. The molecule has 7 nitrogen and oxygen atoms in total. The molecular weight excluding hydrogens is 628 g/mol. The van der Waals surface area contributed by atoms with E-state index < -0.39 is 0 Å². The van der Waals surface area contributed by atoms with Gasteiger partial charge in [-0.2, -0.15) is 4.80 Å². The second kappa shape index (κ2) is 15.7. The second-order valence-electron chi connectivity index (χ2n) is 15.0. The van der Waals surface area contributed by atoms with Crippen molar-refractivity contribution in [1.82, 2.24) is 29.8 Å². The number of carbonyl (C=O) groups is 1. The summed E-state index contributed by atoms with van der Waals surface area (Å²) >= 11 is 6.36. The summed E-state index contributed by atoms with van der Waals surface area (Å²) in [6.45, 7) is 2.71. The fraction of sp³-hybridized carbons (Fsp3) is 0.585. The fourth-order valence-corrected chi connectivity index (χ4v) is 10.1. The number of halogens is 1. The van der Waals surface area contributed by atoms with Gasteiger partial charge in [0.05, 0.1) is 5.54 Å². The van der Waals surface area contributed by atoms with E-state index in [4.69, 9.17) is 27.0 Å². The molecule has 2 heterocycles. The van der Waals surface area contributed by atoms with Crippen molar-refractivity contribution in [3.05, 3.63) is 70.8 Å². The van der Waals surface area contributed by atoms with Crippen LogP contribution in [0.3, 0.4) is 0 Å². The van der Waals surface area contributed by atoms with Gasteiger partial charge >= 0.3 is 0 Å². The number of carbonyl (C=O) groups excluding carboxylic acids is 1. The second-order valence-corrected chi connectivity index (χ2v) is 15.4. The molecule has 3 aliphatic carbocycles. The average molecular weight is 681 g/mol. The molecule has 0 bridgehead atoms. The van der Waals surface area contributed by atoms with Crippen LogP contribution in [0.15, 0.2) is 48.5 Å². The highest BCUT2D eigenvalue weighted by molar-refractivity contribution is 6.31. The molecule has 260 valence electrons. The molecule has 49 heavy (non-hydrogen) atoms. The Labute approximate surface area is 297 Å². The van der Waals surface area contributed by atoms with Crippen LogP contribution in [0.4, 0.5) is 0 Å². The van der Waals surface area contributed by atoms with Crippen molar-refractivity contribution >= 4 is 17.9 Å². The van der Waals surface area contributed by atoms with Gasteiger partial charge < -0.3 is 4.57 Å². The fourth-order valence-electron chi connectivity index (χ4n) is 9.87. The predicted molar refractivity (Wildman–Crippen MR) is 197 cm³/mol. The first-order valence-electron chi connectivity index (χ1n) is 19.3. The zero-order chi connectivity index (χ0) is 33.6. The normalized spacial score (nSPS) is 18.6. The van der Waals surface area contributed by atoms with Crippen LogP contribution in [0.2, 0.25) is 5.15 Å². The van der Waals surface area contributed by atoms with E-state index in [0.29, 0.717) is 30.0 Å². The van der Waals surface area contributed by atoms with Crippen LogP contribution in [0, 0.1) is 17.8 Å². The van der Waals surface area contributed by atoms with E-state index in [9.17, 15) is 4.79 Å². The maximum Gasteiger partial charge on any atom is 0.205 e. The number of hydrogen-bond acceptors (Lipinski definition) is 5. The summed E-state index contributed by atoms with van der Waals surface area (Å²) in [6.07, 6.45) is 23.5. The van der Waals surface area contributed by atoms with E-state index in [2.05, 4.69) is 65.2 Å². The molecule has 7 rings (SSSR count). The third-order valence-corrected chi connectivity index (χ3v) is 12.5. The number of aryl methyl sites for hydroxylation is 1. The van der Waals surface area contributed by atoms with Crippen molar-refractivity contribution in [1.29, 1.82) is 0 Å². The monoisotopic (exact) mass is 680 g/mol. The first kappa shape index (κ1) is 34.1. The summed E-state index contributed by atoms with van der Waals surface area (Å²) in [5, 5.41) is 15.7. The van der Waals surface area contributed by atoms with Crippen LogP contribution in [-0.2, 0) is 18.5 Å². The molecular formula is C41H53ClN6O. The molecule has 3 fully saturated rings. The van der Waals surface area contributed by atoms with E-state index in [1.54, 1.807) is 0 Å². The lowest BCUT2D eigenvalue weighted by Gasteiger charge is -2.53. The first-order valence-corrected chi connectivity index (χ1v) is 19.7. The lowest BCUT2D eigenvalue weighted by molar-refractivity contribution is -0.0558. The molecule has 8 heteroatoms. The van der Waals surface area contributed by atoms with Crippen molar-refractivity contribution in [3.63, 3.8) is 0 Å². The van der Waals surface area contributed by atoms with E-state index in [0.717, 1.165) is 59.5 Å². The maximum atomic E-state index is 11.9. The molecule has 0 radical (unpaired) electrons. The number of nitrogens with zero attached hydrogens (tertiary/aromatic N) is 6. The molecule has 0 aliphatic heterocycles. The number of hydrogen-bond donors (Lipinski definition) is 0. The Hall–Kier alpha value is -3.32. The van der Waals surface area contributed by atoms with Crippen LogP contribution in [-0.4, -0.2) is 36.0 Å². The summed E-state index contributed by atoms with van der Waals surface area (Å²) in [7, 11) is 0. The Balaban J connectivity index is 1.22. The van der Waals surface area contributed by atoms with Crippen molar-refractivity contribution in [2.45, 2.75) is 135 Å². The Morgan fingerprint density at radius 3 is 1.92 bits per heavy atom. The minimum absolute atomic E-state index is 0.0321. The van der Waals surface area contributed by atoms with E-state index >= 15 is 0 Å². The minimum atomic E-state index is -0.0321. The highest BCUT2D eigenvalue weighted by Crippen LogP contribution is 2.54. The summed E-state index contributed by atoms with van der Waals surface area (Å²) < 4.78 is 1.97. The number of imidazole rings is 1. The van der Waals surface area contributed by atoms with Crippen LogP contribution in [0.25, 0.3) is 22.5 Å². The molecule has 4 aromatic rings. The van der Waals surface area contributed by atoms with Gasteiger partial charge in [0.2, 0.25) is 5.82 Å². The molecule has 0 saturated heterocycles. The SMILES string of the molecule is CCCCc1nc(Cl)c(C=O)n1Cc1ccc(-c2ccccc2-c2nnn(C(C3CCCCC3)(C3CCCCC3)C3CCCCC3)n2)cc1. The molecule has 0 spiro atoms. The van der Waals surface area contributed by atoms with Crippen molar-refractivity contribution in [2.24, 2.45) is 17.8 Å². The van der Waals surface area contributed by atoms with Crippen molar-refractivity contribution in [2.75, 3.05) is 0 Å². The molecule has 3 saturated carbocycles. The number of tetrazole rings is 1. The summed E-state index contributed by atoms with van der Waals surface area (Å²) in [6, 6.07) is 17.1. The standard InChI is InChI=1S/C41H53ClN6O/c1-2-3-23-38-43-39(42)37(29-49)47(38)28-30-24-26-31(27-25-30)35-21-13-14-22-36(35)40-44-46-48(45-40)41(32-15-7-4-8-16-32,33-17-9-5-10-18-33)34-19-11-6-12-20-34/h13-14,21-22,24-27,29,32-34H,2-12,15-20,23,28H2,1H3. The number of unbranched alkanes of at least 4 members (excludes halogenated alkanes) is 1. The molecule has 0 unspecified atom stereocenters. The van der Waals surface area contributed by atoms with E-state index in [-0.39, 0.29) is 10.7 Å². The molecule has 0 atom stereocenters. The number of aromatic nitrogens is 6. The molecule has 2 aromatic heterocycles. The van der Waals surface area contributed by atoms with Crippen molar-refractivity contribution in [3.8, 4) is 22.5 Å². The van der Waals surface area contributed by atoms with Gasteiger partial charge in [0.1, 0.15) is 11.5 Å². The third kappa shape index (κ3) is 6.89. The van der Waals surface area contributed by atoms with Gasteiger partial charge in [0.15, 0.2) is 11.4 Å². The molecule has 0 N–H and O–H groups in total. The van der Waals surface area contributed by atoms with Crippen LogP contribution in [0.5, 0.6) is 0 Å². The number of rotatable bonds is 12. The summed E-state index contributed by atoms with van der Waals surface area (Å²) in [5.74, 6) is 3.48. The van der Waals surface area contributed by atoms with Gasteiger partial charge in [-0.05, 0) is 84.6 Å². The molecule has 0 amide bonds. The first-order chi connectivity index (χ1) is 24.1. The zero-order valence-corrected chi connectivity index (χ0v) is 30.1. The van der Waals surface area contributed by atoms with Gasteiger partial charge in [-0.1, -0.05) is 131 Å². The van der Waals surface area contributed by atoms with E-state index in [1.165, 1.54) is 96.3 Å². The quantitative estimate of drug-likeness (QED) is 0.139. The Morgan fingerprint density at radius 2 is 1.37 bits per heavy atom. The topological polar surface area (TPSA) is 78.5 Å². The van der Waals surface area contributed by atoms with Gasteiger partial charge in [0, 0.05) is 18.5 Å². The summed E-state index contributed by atoms with van der Waals surface area (Å²) in [5.41, 5.74) is 4.75. The maximum absolute atomic E-state index is 11.9. The Bertz CT molecular complexity index is 1630. The van der Waals surface area contributed by atoms with Crippen LogP contribution >= 0.6 is 11.6 Å². The zero-order valence-electron chi connectivity index (χ0n) is 29.3. The Morgan fingerprint density at radius 1 is 0.796 bits per heavy atom. The molecule has 2 aromatic carbocycles. The lowest BCUT2D eigenvalue weighted by Crippen LogP contribution is -2.56. The molecule has 3 aliphatic rings. The van der Waals surface area contributed by atoms with Gasteiger partial charge in [-0.25, -0.2) is 4.98 Å². The number of aldehydes is 1.